The molecular formula is C16H11ClF2O2. The van der Waals surface area contributed by atoms with Gasteiger partial charge in [-0.2, -0.15) is 8.78 Å². The number of carbonyl (C=O) groups is 1. The van der Waals surface area contributed by atoms with Crippen LogP contribution < -0.4 is 4.74 Å². The molecule has 0 heterocycles. The summed E-state index contributed by atoms with van der Waals surface area (Å²) in [5, 5.41) is 0.533. The van der Waals surface area contributed by atoms with E-state index >= 15 is 0 Å². The van der Waals surface area contributed by atoms with Crippen molar-refractivity contribution in [2.45, 2.75) is 6.61 Å². The second kappa shape index (κ2) is 6.50. The summed E-state index contributed by atoms with van der Waals surface area (Å²) < 4.78 is 28.4. The molecular weight excluding hydrogens is 298 g/mol. The van der Waals surface area contributed by atoms with E-state index in [0.717, 1.165) is 0 Å². The Kier molecular flexibility index (Phi) is 4.70. The van der Waals surface area contributed by atoms with Crippen molar-refractivity contribution < 1.29 is 18.3 Å². The predicted octanol–water partition coefficient (Wildman–Crippen LogP) is 4.84. The molecule has 0 unspecified atom stereocenters. The molecule has 0 aromatic heterocycles. The fourth-order valence-corrected chi connectivity index (χ4v) is 1.87. The molecule has 0 amide bonds. The van der Waals surface area contributed by atoms with Crippen LogP contribution in [0.15, 0.2) is 55.1 Å². The van der Waals surface area contributed by atoms with Gasteiger partial charge < -0.3 is 4.74 Å². The van der Waals surface area contributed by atoms with E-state index in [9.17, 15) is 13.6 Å². The zero-order valence-corrected chi connectivity index (χ0v) is 11.6. The fourth-order valence-electron chi connectivity index (χ4n) is 1.74. The molecule has 2 nitrogen and oxygen atoms in total. The standard InChI is InChI=1S/C16H11ClF2O2/c1-10(15(20)12-2-6-13(17)7-3-12)11-4-8-14(9-5-11)21-16(18)19/h2-9,16H,1H2. The van der Waals surface area contributed by atoms with Crippen molar-refractivity contribution in [3.05, 3.63) is 71.3 Å². The van der Waals surface area contributed by atoms with Crippen LogP contribution in [0.1, 0.15) is 15.9 Å². The van der Waals surface area contributed by atoms with Crippen molar-refractivity contribution in [3.63, 3.8) is 0 Å². The van der Waals surface area contributed by atoms with Gasteiger partial charge in [0.25, 0.3) is 0 Å². The third-order valence-corrected chi connectivity index (χ3v) is 3.06. The van der Waals surface area contributed by atoms with E-state index in [2.05, 4.69) is 11.3 Å². The molecule has 2 rings (SSSR count). The lowest BCUT2D eigenvalue weighted by atomic mass is 9.98. The zero-order chi connectivity index (χ0) is 15.4. The molecule has 0 N–H and O–H groups in total. The summed E-state index contributed by atoms with van der Waals surface area (Å²) in [7, 11) is 0. The summed E-state index contributed by atoms with van der Waals surface area (Å²) in [5.74, 6) is -0.227. The average Bonchev–Trinajstić information content (AvgIpc) is 2.47. The Morgan fingerprint density at radius 2 is 1.52 bits per heavy atom. The van der Waals surface area contributed by atoms with Gasteiger partial charge in [0.2, 0.25) is 0 Å². The first-order chi connectivity index (χ1) is 9.97. The maximum absolute atomic E-state index is 12.2. The van der Waals surface area contributed by atoms with Crippen molar-refractivity contribution in [2.24, 2.45) is 0 Å². The summed E-state index contributed by atoms with van der Waals surface area (Å²) in [5.41, 5.74) is 1.26. The third kappa shape index (κ3) is 3.89. The molecule has 0 atom stereocenters. The Labute approximate surface area is 125 Å². The number of ketones is 1. The van der Waals surface area contributed by atoms with E-state index in [-0.39, 0.29) is 17.1 Å². The highest BCUT2D eigenvalue weighted by Crippen LogP contribution is 2.22. The Balaban J connectivity index is 2.15. The molecule has 0 saturated heterocycles. The molecule has 0 aliphatic carbocycles. The first-order valence-corrected chi connectivity index (χ1v) is 6.39. The summed E-state index contributed by atoms with van der Waals surface area (Å²) in [4.78, 5) is 12.2. The highest BCUT2D eigenvalue weighted by Gasteiger charge is 2.12. The van der Waals surface area contributed by atoms with Crippen LogP contribution in [0.5, 0.6) is 5.75 Å². The maximum Gasteiger partial charge on any atom is 0.387 e. The van der Waals surface area contributed by atoms with Crippen LogP contribution in [0.4, 0.5) is 8.78 Å². The second-order valence-corrected chi connectivity index (χ2v) is 4.65. The van der Waals surface area contributed by atoms with Crippen LogP contribution in [-0.4, -0.2) is 12.4 Å². The number of allylic oxidation sites excluding steroid dienone is 1. The smallest absolute Gasteiger partial charge is 0.387 e. The number of carbonyl (C=O) groups excluding carboxylic acids is 1. The van der Waals surface area contributed by atoms with E-state index in [1.807, 2.05) is 0 Å². The molecule has 2 aromatic carbocycles. The molecule has 5 heteroatoms. The first kappa shape index (κ1) is 15.2. The number of benzene rings is 2. The lowest BCUT2D eigenvalue weighted by Crippen LogP contribution is -2.03. The monoisotopic (exact) mass is 308 g/mol. The Morgan fingerprint density at radius 1 is 1.00 bits per heavy atom. The van der Waals surface area contributed by atoms with Crippen LogP contribution in [0.3, 0.4) is 0 Å². The van der Waals surface area contributed by atoms with Crippen molar-refractivity contribution in [3.8, 4) is 5.75 Å². The summed E-state index contributed by atoms with van der Waals surface area (Å²) in [6.45, 7) is 0.863. The minimum Gasteiger partial charge on any atom is -0.435 e. The summed E-state index contributed by atoms with van der Waals surface area (Å²) in [6, 6.07) is 12.2. The highest BCUT2D eigenvalue weighted by atomic mass is 35.5. The molecule has 108 valence electrons. The second-order valence-electron chi connectivity index (χ2n) is 4.22. The van der Waals surface area contributed by atoms with Gasteiger partial charge in [-0.1, -0.05) is 30.3 Å². The zero-order valence-electron chi connectivity index (χ0n) is 10.9. The lowest BCUT2D eigenvalue weighted by Gasteiger charge is -2.08. The van der Waals surface area contributed by atoms with Crippen LogP contribution in [-0.2, 0) is 0 Å². The van der Waals surface area contributed by atoms with Gasteiger partial charge in [-0.15, -0.1) is 0 Å². The van der Waals surface area contributed by atoms with Crippen molar-refractivity contribution in [1.29, 1.82) is 0 Å². The number of hydrogen-bond donors (Lipinski definition) is 0. The molecule has 0 spiro atoms. The largest absolute Gasteiger partial charge is 0.435 e. The van der Waals surface area contributed by atoms with Crippen molar-refractivity contribution in [1.82, 2.24) is 0 Å². The van der Waals surface area contributed by atoms with Crippen molar-refractivity contribution in [2.75, 3.05) is 0 Å². The molecule has 0 aliphatic heterocycles. The Hall–Kier alpha value is -2.20. The van der Waals surface area contributed by atoms with Gasteiger partial charge in [0, 0.05) is 16.2 Å². The molecule has 21 heavy (non-hydrogen) atoms. The lowest BCUT2D eigenvalue weighted by molar-refractivity contribution is -0.0498. The van der Waals surface area contributed by atoms with Gasteiger partial charge >= 0.3 is 6.61 Å². The maximum atomic E-state index is 12.2. The summed E-state index contributed by atoms with van der Waals surface area (Å²) >= 11 is 5.76. The van der Waals surface area contributed by atoms with Crippen LogP contribution in [0.25, 0.3) is 5.57 Å². The van der Waals surface area contributed by atoms with Gasteiger partial charge in [-0.3, -0.25) is 4.79 Å². The Bertz CT molecular complexity index is 649. The minimum absolute atomic E-state index is 0.0282. The van der Waals surface area contributed by atoms with Gasteiger partial charge in [0.1, 0.15) is 5.75 Å². The molecule has 0 saturated carbocycles. The Morgan fingerprint density at radius 3 is 2.05 bits per heavy atom. The molecule has 0 aliphatic rings. The highest BCUT2D eigenvalue weighted by molar-refractivity contribution is 6.31. The van der Waals surface area contributed by atoms with Crippen LogP contribution in [0.2, 0.25) is 5.02 Å². The molecule has 0 fully saturated rings. The van der Waals surface area contributed by atoms with Gasteiger partial charge in [-0.05, 0) is 42.0 Å². The van der Waals surface area contributed by atoms with E-state index in [0.29, 0.717) is 16.1 Å². The topological polar surface area (TPSA) is 26.3 Å². The molecule has 0 radical (unpaired) electrons. The van der Waals surface area contributed by atoms with E-state index in [4.69, 9.17) is 11.6 Å². The van der Waals surface area contributed by atoms with Gasteiger partial charge in [0.15, 0.2) is 5.78 Å². The number of hydrogen-bond acceptors (Lipinski definition) is 2. The van der Waals surface area contributed by atoms with Crippen molar-refractivity contribution >= 4 is 23.0 Å². The first-order valence-electron chi connectivity index (χ1n) is 6.02. The molecule has 2 aromatic rings. The normalized spacial score (nSPS) is 10.5. The number of halogens is 3. The SMILES string of the molecule is C=C(C(=O)c1ccc(Cl)cc1)c1ccc(OC(F)F)cc1. The van der Waals surface area contributed by atoms with Gasteiger partial charge in [-0.25, -0.2) is 0 Å². The minimum atomic E-state index is -2.88. The van der Waals surface area contributed by atoms with Crippen LogP contribution in [0, 0.1) is 0 Å². The molecule has 0 bridgehead atoms. The number of rotatable bonds is 5. The number of ether oxygens (including phenoxy) is 1. The third-order valence-electron chi connectivity index (χ3n) is 2.81. The summed E-state index contributed by atoms with van der Waals surface area (Å²) in [6.07, 6.45) is 0. The predicted molar refractivity (Wildman–Crippen MR) is 77.9 cm³/mol. The van der Waals surface area contributed by atoms with E-state index < -0.39 is 6.61 Å². The number of alkyl halides is 2. The quantitative estimate of drug-likeness (QED) is 0.583. The van der Waals surface area contributed by atoms with E-state index in [1.54, 1.807) is 24.3 Å². The number of Topliss-reactive ketones (excluding diaryl/α,β-unsaturated/α-hetero) is 1. The van der Waals surface area contributed by atoms with Crippen LogP contribution >= 0.6 is 11.6 Å². The van der Waals surface area contributed by atoms with E-state index in [1.165, 1.54) is 24.3 Å². The fraction of sp³-hybridized carbons (Fsp3) is 0.0625. The van der Waals surface area contributed by atoms with Gasteiger partial charge in [0.05, 0.1) is 0 Å². The average molecular weight is 309 g/mol.